The molecule has 0 saturated heterocycles. The van der Waals surface area contributed by atoms with Gasteiger partial charge in [0.05, 0.1) is 0 Å². The molecule has 0 N–H and O–H groups in total. The molecule has 0 aliphatic heterocycles. The number of halogens is 3. The van der Waals surface area contributed by atoms with E-state index in [2.05, 4.69) is 0 Å². The van der Waals surface area contributed by atoms with Crippen molar-refractivity contribution in [2.24, 2.45) is 0 Å². The van der Waals surface area contributed by atoms with Crippen LogP contribution in [0.3, 0.4) is 0 Å². The normalized spacial score (nSPS) is 12.6. The third-order valence-electron chi connectivity index (χ3n) is 1.25. The van der Waals surface area contributed by atoms with Gasteiger partial charge in [0.25, 0.3) is 0 Å². The number of rotatable bonds is 1. The Kier molecular flexibility index (Phi) is 2.33. The monoisotopic (exact) mass is 176 g/mol. The van der Waals surface area contributed by atoms with Gasteiger partial charge < -0.3 is 0 Å². The minimum Gasteiger partial charge on any atom is -0.177 e. The van der Waals surface area contributed by atoms with Crippen LogP contribution in [0, 0.1) is 0 Å². The van der Waals surface area contributed by atoms with Crippen LogP contribution in [0.25, 0.3) is 0 Å². The molecule has 0 aromatic heterocycles. The largest absolute Gasteiger partial charge is 0.359 e. The van der Waals surface area contributed by atoms with Crippen LogP contribution in [0.2, 0.25) is 0 Å². The van der Waals surface area contributed by atoms with E-state index in [0.29, 0.717) is 5.19 Å². The molecule has 0 nitrogen and oxygen atoms in total. The summed E-state index contributed by atoms with van der Waals surface area (Å²) < 4.78 is 35.4. The van der Waals surface area contributed by atoms with Gasteiger partial charge in [0.15, 0.2) is 9.52 Å². The maximum Gasteiger partial charge on any atom is 0.359 e. The zero-order chi connectivity index (χ0) is 8.32. The van der Waals surface area contributed by atoms with Crippen molar-refractivity contribution < 1.29 is 13.2 Å². The summed E-state index contributed by atoms with van der Waals surface area (Å²) in [7, 11) is -2.07. The van der Waals surface area contributed by atoms with E-state index in [9.17, 15) is 13.2 Å². The lowest BCUT2D eigenvalue weighted by molar-refractivity contribution is -0.0455. The lowest BCUT2D eigenvalue weighted by Gasteiger charge is -2.03. The lowest BCUT2D eigenvalue weighted by atomic mass is 10.4. The summed E-state index contributed by atoms with van der Waals surface area (Å²) in [6.45, 7) is 0. The van der Waals surface area contributed by atoms with Crippen molar-refractivity contribution in [3.63, 3.8) is 0 Å². The van der Waals surface area contributed by atoms with E-state index in [4.69, 9.17) is 0 Å². The van der Waals surface area contributed by atoms with Gasteiger partial charge in [-0.15, -0.1) is 0 Å². The quantitative estimate of drug-likeness (QED) is 0.560. The van der Waals surface area contributed by atoms with Gasteiger partial charge in [-0.25, -0.2) is 0 Å². The molecule has 1 aromatic carbocycles. The van der Waals surface area contributed by atoms with Crippen LogP contribution in [-0.4, -0.2) is 15.3 Å². The molecule has 0 spiro atoms. The molecule has 0 heterocycles. The van der Waals surface area contributed by atoms with E-state index in [1.807, 2.05) is 0 Å². The molecule has 1 aromatic rings. The Bertz CT molecular complexity index is 217. The highest BCUT2D eigenvalue weighted by atomic mass is 28.2. The predicted molar refractivity (Wildman–Crippen MR) is 40.7 cm³/mol. The first-order valence-electron chi connectivity index (χ1n) is 3.18. The van der Waals surface area contributed by atoms with Crippen LogP contribution in [0.5, 0.6) is 0 Å². The fourth-order valence-corrected chi connectivity index (χ4v) is 1.80. The first-order valence-corrected chi connectivity index (χ1v) is 4.60. The van der Waals surface area contributed by atoms with Gasteiger partial charge >= 0.3 is 5.80 Å². The van der Waals surface area contributed by atoms with Gasteiger partial charge in [0.1, 0.15) is 0 Å². The van der Waals surface area contributed by atoms with Gasteiger partial charge in [-0.05, 0) is 0 Å². The first kappa shape index (κ1) is 8.32. The van der Waals surface area contributed by atoms with Gasteiger partial charge in [0.2, 0.25) is 0 Å². The zero-order valence-electron chi connectivity index (χ0n) is 5.73. The Morgan fingerprint density at radius 3 is 2.00 bits per heavy atom. The minimum atomic E-state index is -3.96. The molecule has 0 bridgehead atoms. The summed E-state index contributed by atoms with van der Waals surface area (Å²) >= 11 is 0. The molecule has 0 radical (unpaired) electrons. The van der Waals surface area contributed by atoms with Crippen molar-refractivity contribution in [1.82, 2.24) is 0 Å². The summed E-state index contributed by atoms with van der Waals surface area (Å²) in [6, 6.07) is 8.04. The maximum atomic E-state index is 11.8. The third kappa shape index (κ3) is 3.22. The highest BCUT2D eigenvalue weighted by Gasteiger charge is 2.27. The molecule has 0 fully saturated rings. The van der Waals surface area contributed by atoms with Crippen LogP contribution in [0.4, 0.5) is 13.2 Å². The zero-order valence-corrected chi connectivity index (χ0v) is 7.14. The first-order chi connectivity index (χ1) is 5.08. The molecule has 0 atom stereocenters. The SMILES string of the molecule is FC(F)(F)[SiH2]c1ccccc1. The number of alkyl halides is 3. The maximum absolute atomic E-state index is 11.8. The van der Waals surface area contributed by atoms with Crippen LogP contribution >= 0.6 is 0 Å². The van der Waals surface area contributed by atoms with E-state index in [1.54, 1.807) is 18.2 Å². The highest BCUT2D eigenvalue weighted by molar-refractivity contribution is 6.55. The van der Waals surface area contributed by atoms with Gasteiger partial charge in [-0.3, -0.25) is 0 Å². The van der Waals surface area contributed by atoms with Gasteiger partial charge in [-0.1, -0.05) is 35.5 Å². The van der Waals surface area contributed by atoms with E-state index in [1.165, 1.54) is 12.1 Å². The van der Waals surface area contributed by atoms with E-state index >= 15 is 0 Å². The van der Waals surface area contributed by atoms with E-state index in [0.717, 1.165) is 0 Å². The smallest absolute Gasteiger partial charge is 0.177 e. The second-order valence-corrected chi connectivity index (χ2v) is 4.25. The van der Waals surface area contributed by atoms with E-state index in [-0.39, 0.29) is 0 Å². The molecular formula is C7H7F3Si. The molecule has 60 valence electrons. The number of hydrogen-bond acceptors (Lipinski definition) is 0. The van der Waals surface area contributed by atoms with Crippen LogP contribution in [0.1, 0.15) is 0 Å². The molecule has 0 unspecified atom stereocenters. The average Bonchev–Trinajstić information content (AvgIpc) is 1.85. The van der Waals surface area contributed by atoms with Gasteiger partial charge in [-0.2, -0.15) is 13.2 Å². The molecule has 11 heavy (non-hydrogen) atoms. The standard InChI is InChI=1S/C7H7F3Si/c8-7(9,10)11-6-4-2-1-3-5-6/h1-5H,11H2. The predicted octanol–water partition coefficient (Wildman–Crippen LogP) is 1.00. The Morgan fingerprint density at radius 2 is 1.55 bits per heavy atom. The summed E-state index contributed by atoms with van der Waals surface area (Å²) in [5.74, 6) is -3.96. The Labute approximate surface area is 64.9 Å². The fraction of sp³-hybridized carbons (Fsp3) is 0.143. The molecule has 0 saturated carbocycles. The summed E-state index contributed by atoms with van der Waals surface area (Å²) in [5.41, 5.74) is 0. The van der Waals surface area contributed by atoms with E-state index < -0.39 is 15.3 Å². The number of benzene rings is 1. The summed E-state index contributed by atoms with van der Waals surface area (Å²) in [4.78, 5) is 0. The fourth-order valence-electron chi connectivity index (χ4n) is 0.827. The summed E-state index contributed by atoms with van der Waals surface area (Å²) in [6.07, 6.45) is 0. The summed E-state index contributed by atoms with van der Waals surface area (Å²) in [5, 5.41) is 0.444. The number of hydrogen-bond donors (Lipinski definition) is 0. The highest BCUT2D eigenvalue weighted by Crippen LogP contribution is 2.11. The van der Waals surface area contributed by atoms with Crippen LogP contribution in [-0.2, 0) is 0 Å². The van der Waals surface area contributed by atoms with Crippen molar-refractivity contribution >= 4 is 14.7 Å². The third-order valence-corrected chi connectivity index (χ3v) is 2.53. The molecular weight excluding hydrogens is 169 g/mol. The van der Waals surface area contributed by atoms with Crippen LogP contribution in [0.15, 0.2) is 30.3 Å². The van der Waals surface area contributed by atoms with Crippen LogP contribution < -0.4 is 5.19 Å². The lowest BCUT2D eigenvalue weighted by Crippen LogP contribution is -2.29. The topological polar surface area (TPSA) is 0 Å². The Hall–Kier alpha value is -0.773. The molecule has 0 amide bonds. The van der Waals surface area contributed by atoms with Crippen molar-refractivity contribution in [3.05, 3.63) is 30.3 Å². The Balaban J connectivity index is 2.66. The second-order valence-electron chi connectivity index (χ2n) is 2.28. The molecule has 0 aliphatic rings. The van der Waals surface area contributed by atoms with Crippen molar-refractivity contribution in [3.8, 4) is 0 Å². The molecule has 1 rings (SSSR count). The molecule has 0 aliphatic carbocycles. The second kappa shape index (κ2) is 3.09. The van der Waals surface area contributed by atoms with Crippen molar-refractivity contribution in [1.29, 1.82) is 0 Å². The average molecular weight is 176 g/mol. The Morgan fingerprint density at radius 1 is 1.00 bits per heavy atom. The van der Waals surface area contributed by atoms with Crippen molar-refractivity contribution in [2.75, 3.05) is 0 Å². The van der Waals surface area contributed by atoms with Crippen molar-refractivity contribution in [2.45, 2.75) is 5.80 Å². The van der Waals surface area contributed by atoms with Gasteiger partial charge in [0, 0.05) is 0 Å². The molecule has 4 heteroatoms. The minimum absolute atomic E-state index is 0.444.